The third kappa shape index (κ3) is 6.44. The number of aliphatic imine (C=N–C) groups is 1. The highest BCUT2D eigenvalue weighted by Gasteiger charge is 2.36. The van der Waals surface area contributed by atoms with Gasteiger partial charge in [0.25, 0.3) is 5.91 Å². The van der Waals surface area contributed by atoms with E-state index in [2.05, 4.69) is 36.1 Å². The number of methoxy groups -OCH3 is 2. The minimum absolute atomic E-state index is 0.0568. The molecular weight excluding hydrogens is 564 g/mol. The number of carbonyl (C=O) groups excluding carboxylic acids is 1. The highest BCUT2D eigenvalue weighted by Crippen LogP contribution is 2.40. The van der Waals surface area contributed by atoms with Gasteiger partial charge in [0.1, 0.15) is 24.0 Å². The van der Waals surface area contributed by atoms with Crippen molar-refractivity contribution in [1.82, 2.24) is 5.01 Å². The molecule has 0 aliphatic carbocycles. The third-order valence-corrected chi connectivity index (χ3v) is 8.23. The predicted octanol–water partition coefficient (Wildman–Crippen LogP) is 6.65. The van der Waals surface area contributed by atoms with E-state index in [1.807, 2.05) is 43.3 Å². The summed E-state index contributed by atoms with van der Waals surface area (Å²) in [7, 11) is 3.06. The number of hydrogen-bond acceptors (Lipinski definition) is 8. The molecule has 2 heterocycles. The number of nitrogens with one attached hydrogen (secondary N) is 1. The Balaban J connectivity index is 1.30. The molecule has 10 heteroatoms. The van der Waals surface area contributed by atoms with Crippen molar-refractivity contribution in [3.8, 4) is 23.0 Å². The van der Waals surface area contributed by atoms with Crippen molar-refractivity contribution in [2.24, 2.45) is 10.1 Å². The second-order valence-electron chi connectivity index (χ2n) is 10.1. The molecule has 2 aliphatic heterocycles. The summed E-state index contributed by atoms with van der Waals surface area (Å²) in [6.45, 7) is 6.96. The molecule has 9 nitrogen and oxygen atoms in total. The van der Waals surface area contributed by atoms with Gasteiger partial charge in [0.15, 0.2) is 17.3 Å². The number of amides is 1. The van der Waals surface area contributed by atoms with Crippen molar-refractivity contribution in [2.45, 2.75) is 33.1 Å². The number of nitrogens with zero attached hydrogens (tertiary/aromatic N) is 3. The average molecular weight is 599 g/mol. The highest BCUT2D eigenvalue weighted by atomic mass is 32.2. The number of rotatable bonds is 11. The van der Waals surface area contributed by atoms with Gasteiger partial charge in [0.05, 0.1) is 19.8 Å². The quantitative estimate of drug-likeness (QED) is 0.195. The lowest BCUT2D eigenvalue weighted by Gasteiger charge is -2.20. The topological polar surface area (TPSA) is 106 Å². The first-order valence-corrected chi connectivity index (χ1v) is 14.8. The molecule has 0 fully saturated rings. The van der Waals surface area contributed by atoms with Crippen LogP contribution < -0.4 is 18.9 Å². The van der Waals surface area contributed by atoms with Crippen LogP contribution in [0, 0.1) is 12.3 Å². The zero-order valence-electron chi connectivity index (χ0n) is 24.8. The molecule has 1 N–H and O–H groups in total. The van der Waals surface area contributed by atoms with E-state index in [4.69, 9.17) is 24.4 Å². The van der Waals surface area contributed by atoms with Crippen molar-refractivity contribution < 1.29 is 23.7 Å². The number of benzene rings is 3. The smallest absolute Gasteiger partial charge is 0.283 e. The Bertz CT molecular complexity index is 1610. The maximum Gasteiger partial charge on any atom is 0.283 e. The van der Waals surface area contributed by atoms with E-state index in [-0.39, 0.29) is 18.0 Å². The van der Waals surface area contributed by atoms with Gasteiger partial charge in [-0.05, 0) is 78.1 Å². The first-order chi connectivity index (χ1) is 20.8. The van der Waals surface area contributed by atoms with Gasteiger partial charge in [0.2, 0.25) is 10.9 Å². The molecular formula is C33H34N4O5S. The number of hydrogen-bond donors (Lipinski definition) is 1. The Morgan fingerprint density at radius 3 is 2.33 bits per heavy atom. The fraction of sp³-hybridized carbons (Fsp3) is 0.273. The summed E-state index contributed by atoms with van der Waals surface area (Å²) in [4.78, 5) is 17.2. The van der Waals surface area contributed by atoms with Gasteiger partial charge >= 0.3 is 0 Å². The van der Waals surface area contributed by atoms with Gasteiger partial charge in [-0.3, -0.25) is 10.2 Å². The van der Waals surface area contributed by atoms with Crippen LogP contribution in [-0.2, 0) is 4.79 Å². The Kier molecular flexibility index (Phi) is 9.16. The fourth-order valence-corrected chi connectivity index (χ4v) is 5.62. The molecule has 0 bridgehead atoms. The number of aryl methyl sites for hydroxylation is 1. The maximum absolute atomic E-state index is 13.0. The summed E-state index contributed by atoms with van der Waals surface area (Å²) >= 11 is 1.27. The zero-order valence-corrected chi connectivity index (χ0v) is 25.7. The van der Waals surface area contributed by atoms with Gasteiger partial charge in [-0.25, -0.2) is 0 Å². The Morgan fingerprint density at radius 1 is 1.00 bits per heavy atom. The predicted molar refractivity (Wildman–Crippen MR) is 171 cm³/mol. The molecule has 0 radical (unpaired) electrons. The first-order valence-electron chi connectivity index (χ1n) is 14.0. The van der Waals surface area contributed by atoms with Crippen LogP contribution in [0.2, 0.25) is 0 Å². The van der Waals surface area contributed by atoms with E-state index in [1.54, 1.807) is 18.2 Å². The molecule has 0 saturated carbocycles. The van der Waals surface area contributed by atoms with Crippen LogP contribution >= 0.6 is 11.8 Å². The molecule has 5 rings (SSSR count). The highest BCUT2D eigenvalue weighted by molar-refractivity contribution is 8.27. The summed E-state index contributed by atoms with van der Waals surface area (Å²) in [6.07, 6.45) is 2.67. The maximum atomic E-state index is 13.0. The molecule has 3 aromatic carbocycles. The van der Waals surface area contributed by atoms with Crippen LogP contribution in [0.1, 0.15) is 48.4 Å². The first kappa shape index (κ1) is 29.9. The SMILES string of the molecule is CCC(C)c1ccc(OCCOc2c(OC)cc(/C=C3\C(=N)N4N=C(c5ccccc5C)SC4=NC3=O)cc2OC)cc1. The zero-order chi connectivity index (χ0) is 30.5. The van der Waals surface area contributed by atoms with Crippen molar-refractivity contribution >= 4 is 39.8 Å². The Morgan fingerprint density at radius 2 is 1.67 bits per heavy atom. The lowest BCUT2D eigenvalue weighted by molar-refractivity contribution is -0.114. The molecule has 3 aromatic rings. The summed E-state index contributed by atoms with van der Waals surface area (Å²) < 4.78 is 23.1. The van der Waals surface area contributed by atoms with Gasteiger partial charge in [-0.2, -0.15) is 15.1 Å². The summed E-state index contributed by atoms with van der Waals surface area (Å²) in [5, 5.41) is 15.8. The van der Waals surface area contributed by atoms with Crippen LogP contribution in [0.4, 0.5) is 0 Å². The number of hydrazone groups is 1. The van der Waals surface area contributed by atoms with Gasteiger partial charge in [0, 0.05) is 5.56 Å². The van der Waals surface area contributed by atoms with Gasteiger partial charge < -0.3 is 18.9 Å². The molecule has 1 amide bonds. The summed E-state index contributed by atoms with van der Waals surface area (Å²) in [5.74, 6) is 1.95. The van der Waals surface area contributed by atoms with E-state index < -0.39 is 5.91 Å². The van der Waals surface area contributed by atoms with Crippen LogP contribution in [0.5, 0.6) is 23.0 Å². The average Bonchev–Trinajstić information content (AvgIpc) is 3.45. The number of fused-ring (bicyclic) bond motifs is 1. The molecule has 0 aromatic heterocycles. The Hall–Kier alpha value is -4.57. The number of amidine groups is 2. The van der Waals surface area contributed by atoms with Crippen molar-refractivity contribution in [3.05, 3.63) is 88.5 Å². The number of carbonyl (C=O) groups is 1. The summed E-state index contributed by atoms with van der Waals surface area (Å²) in [6, 6.07) is 19.4. The van der Waals surface area contributed by atoms with Crippen molar-refractivity contribution in [2.75, 3.05) is 27.4 Å². The van der Waals surface area contributed by atoms with Crippen molar-refractivity contribution in [3.63, 3.8) is 0 Å². The standard InChI is InChI=1S/C33H34N4O5S/c1-6-20(2)23-11-13-24(14-12-23)41-15-16-42-29-27(39-4)18-22(19-28(29)40-5)17-26-30(34)37-33(35-31(26)38)43-32(36-37)25-10-8-7-9-21(25)3/h7-14,17-20,34H,6,15-16H2,1-5H3/b26-17+,34-30?. The molecule has 0 spiro atoms. The van der Waals surface area contributed by atoms with Crippen LogP contribution in [0.25, 0.3) is 6.08 Å². The normalized spacial score (nSPS) is 16.0. The van der Waals surface area contributed by atoms with Crippen LogP contribution in [-0.4, -0.2) is 54.4 Å². The Labute approximate surface area is 255 Å². The summed E-state index contributed by atoms with van der Waals surface area (Å²) in [5.41, 5.74) is 3.95. The van der Waals surface area contributed by atoms with E-state index in [9.17, 15) is 4.79 Å². The van der Waals surface area contributed by atoms with Crippen LogP contribution in [0.15, 0.2) is 76.3 Å². The molecule has 222 valence electrons. The number of ether oxygens (including phenoxy) is 4. The largest absolute Gasteiger partial charge is 0.493 e. The fourth-order valence-electron chi connectivity index (χ4n) is 4.64. The molecule has 0 saturated heterocycles. The minimum atomic E-state index is -0.516. The molecule has 2 aliphatic rings. The lowest BCUT2D eigenvalue weighted by Crippen LogP contribution is -2.35. The van der Waals surface area contributed by atoms with E-state index in [0.29, 0.717) is 45.5 Å². The third-order valence-electron chi connectivity index (χ3n) is 7.28. The molecule has 1 atom stereocenters. The molecule has 43 heavy (non-hydrogen) atoms. The lowest BCUT2D eigenvalue weighted by atomic mass is 9.99. The number of thioether (sulfide) groups is 1. The minimum Gasteiger partial charge on any atom is -0.493 e. The van der Waals surface area contributed by atoms with Crippen molar-refractivity contribution in [1.29, 1.82) is 5.41 Å². The van der Waals surface area contributed by atoms with E-state index in [1.165, 1.54) is 36.6 Å². The van der Waals surface area contributed by atoms with Gasteiger partial charge in [-0.15, -0.1) is 0 Å². The van der Waals surface area contributed by atoms with Crippen LogP contribution in [0.3, 0.4) is 0 Å². The second-order valence-corrected chi connectivity index (χ2v) is 11.0. The van der Waals surface area contributed by atoms with Gasteiger partial charge in [-0.1, -0.05) is 50.2 Å². The second kappa shape index (κ2) is 13.2. The van der Waals surface area contributed by atoms with E-state index in [0.717, 1.165) is 23.3 Å². The van der Waals surface area contributed by atoms with E-state index >= 15 is 0 Å². The molecule has 1 unspecified atom stereocenters. The monoisotopic (exact) mass is 598 g/mol.